The number of anilines is 1. The van der Waals surface area contributed by atoms with Crippen molar-refractivity contribution in [2.45, 2.75) is 6.92 Å². The average molecular weight is 225 g/mol. The summed E-state index contributed by atoms with van der Waals surface area (Å²) in [6.45, 7) is 1.31. The summed E-state index contributed by atoms with van der Waals surface area (Å²) >= 11 is 0. The molecule has 1 aromatic rings. The topological polar surface area (TPSA) is 89.6 Å². The van der Waals surface area contributed by atoms with Gasteiger partial charge in [0.25, 0.3) is 0 Å². The maximum absolute atomic E-state index is 10.1. The molecule has 0 saturated heterocycles. The molecule has 0 fully saturated rings. The quantitative estimate of drug-likeness (QED) is 0.447. The molecule has 5 heteroatoms. The monoisotopic (exact) mass is 225 g/mol. The van der Waals surface area contributed by atoms with E-state index in [2.05, 4.69) is 4.74 Å². The third kappa shape index (κ3) is 7.52. The third-order valence-electron chi connectivity index (χ3n) is 1.44. The highest BCUT2D eigenvalue weighted by Crippen LogP contribution is 2.02. The van der Waals surface area contributed by atoms with Crippen LogP contribution in [0.15, 0.2) is 24.3 Å². The number of hydrogen-bond donors (Lipinski definition) is 2. The van der Waals surface area contributed by atoms with Gasteiger partial charge >= 0.3 is 5.97 Å². The Morgan fingerprint density at radius 2 is 2.25 bits per heavy atom. The highest BCUT2D eigenvalue weighted by Gasteiger charge is 1.87. The van der Waals surface area contributed by atoms with Gasteiger partial charge in [0.2, 0.25) is 0 Å². The molecule has 0 heterocycles. The summed E-state index contributed by atoms with van der Waals surface area (Å²) in [5.74, 6) is -0.353. The van der Waals surface area contributed by atoms with Crippen LogP contribution in [-0.4, -0.2) is 30.6 Å². The van der Waals surface area contributed by atoms with Gasteiger partial charge in [0.15, 0.2) is 0 Å². The minimum Gasteiger partial charge on any atom is -0.463 e. The highest BCUT2D eigenvalue weighted by atomic mass is 16.5. The molecule has 0 unspecified atom stereocenters. The maximum Gasteiger partial charge on any atom is 0.302 e. The molecule has 0 spiro atoms. The fourth-order valence-corrected chi connectivity index (χ4v) is 0.822. The van der Waals surface area contributed by atoms with Gasteiger partial charge in [-0.05, 0) is 12.1 Å². The van der Waals surface area contributed by atoms with Crippen LogP contribution in [0.5, 0.6) is 0 Å². The lowest BCUT2D eigenvalue weighted by atomic mass is 10.2. The molecule has 0 aliphatic carbocycles. The molecular weight excluding hydrogens is 210 g/mol. The lowest BCUT2D eigenvalue weighted by Crippen LogP contribution is -2.03. The van der Waals surface area contributed by atoms with Crippen molar-refractivity contribution in [3.8, 4) is 0 Å². The summed E-state index contributed by atoms with van der Waals surface area (Å²) in [7, 11) is 0. The molecular formula is C11H15NO4. The smallest absolute Gasteiger partial charge is 0.302 e. The van der Waals surface area contributed by atoms with Gasteiger partial charge < -0.3 is 15.6 Å². The van der Waals surface area contributed by atoms with E-state index in [-0.39, 0.29) is 19.2 Å². The second kappa shape index (κ2) is 8.43. The number of nitrogen functional groups attached to an aromatic ring is 1. The number of aliphatic hydroxyl groups excluding tert-OH is 1. The van der Waals surface area contributed by atoms with E-state index in [0.717, 1.165) is 6.29 Å². The number of esters is 1. The van der Waals surface area contributed by atoms with Gasteiger partial charge in [-0.25, -0.2) is 0 Å². The van der Waals surface area contributed by atoms with Crippen molar-refractivity contribution < 1.29 is 19.4 Å². The first-order valence-corrected chi connectivity index (χ1v) is 4.65. The zero-order chi connectivity index (χ0) is 12.4. The first-order valence-electron chi connectivity index (χ1n) is 4.65. The second-order valence-corrected chi connectivity index (χ2v) is 2.85. The average Bonchev–Trinajstić information content (AvgIpc) is 2.27. The Kier molecular flexibility index (Phi) is 7.44. The number of aliphatic hydroxyl groups is 1. The minimum atomic E-state index is -0.353. The fourth-order valence-electron chi connectivity index (χ4n) is 0.822. The van der Waals surface area contributed by atoms with E-state index in [1.165, 1.54) is 6.92 Å². The number of ether oxygens (including phenoxy) is 1. The Morgan fingerprint density at radius 3 is 2.56 bits per heavy atom. The van der Waals surface area contributed by atoms with Crippen LogP contribution in [0.2, 0.25) is 0 Å². The third-order valence-corrected chi connectivity index (χ3v) is 1.44. The molecule has 88 valence electrons. The number of carbonyl (C=O) groups excluding carboxylic acids is 2. The van der Waals surface area contributed by atoms with E-state index in [1.54, 1.807) is 24.3 Å². The molecule has 0 saturated carbocycles. The molecule has 0 atom stereocenters. The van der Waals surface area contributed by atoms with Crippen molar-refractivity contribution in [3.63, 3.8) is 0 Å². The lowest BCUT2D eigenvalue weighted by Gasteiger charge is -1.93. The molecule has 0 radical (unpaired) electrons. The predicted octanol–water partition coefficient (Wildman–Crippen LogP) is 0.623. The van der Waals surface area contributed by atoms with Crippen LogP contribution in [0.25, 0.3) is 0 Å². The van der Waals surface area contributed by atoms with Gasteiger partial charge in [0, 0.05) is 18.2 Å². The van der Waals surface area contributed by atoms with Gasteiger partial charge in [-0.3, -0.25) is 9.59 Å². The molecule has 0 amide bonds. The van der Waals surface area contributed by atoms with Crippen molar-refractivity contribution in [2.24, 2.45) is 0 Å². The number of nitrogens with two attached hydrogens (primary N) is 1. The van der Waals surface area contributed by atoms with Crippen molar-refractivity contribution in [2.75, 3.05) is 18.9 Å². The lowest BCUT2D eigenvalue weighted by molar-refractivity contribution is -0.141. The molecule has 0 bridgehead atoms. The van der Waals surface area contributed by atoms with E-state index in [4.69, 9.17) is 10.8 Å². The zero-order valence-electron chi connectivity index (χ0n) is 9.05. The predicted molar refractivity (Wildman–Crippen MR) is 60.0 cm³/mol. The largest absolute Gasteiger partial charge is 0.463 e. The van der Waals surface area contributed by atoms with E-state index in [1.807, 2.05) is 0 Å². The molecule has 0 aromatic heterocycles. The van der Waals surface area contributed by atoms with Crippen LogP contribution in [0.4, 0.5) is 5.69 Å². The normalized spacial score (nSPS) is 8.62. The summed E-state index contributed by atoms with van der Waals surface area (Å²) in [4.78, 5) is 20.0. The van der Waals surface area contributed by atoms with Crippen molar-refractivity contribution in [3.05, 3.63) is 29.8 Å². The summed E-state index contributed by atoms with van der Waals surface area (Å²) in [5.41, 5.74) is 6.62. The second-order valence-electron chi connectivity index (χ2n) is 2.85. The van der Waals surface area contributed by atoms with Gasteiger partial charge in [-0.15, -0.1) is 0 Å². The first-order chi connectivity index (χ1) is 7.60. The van der Waals surface area contributed by atoms with Crippen LogP contribution in [0.3, 0.4) is 0 Å². The van der Waals surface area contributed by atoms with Crippen molar-refractivity contribution in [1.82, 2.24) is 0 Å². The van der Waals surface area contributed by atoms with E-state index >= 15 is 0 Å². The number of aldehydes is 1. The van der Waals surface area contributed by atoms with Crippen molar-refractivity contribution in [1.29, 1.82) is 0 Å². The maximum atomic E-state index is 10.1. The summed E-state index contributed by atoms with van der Waals surface area (Å²) in [6, 6.07) is 6.84. The van der Waals surface area contributed by atoms with Crippen LogP contribution >= 0.6 is 0 Å². The summed E-state index contributed by atoms with van der Waals surface area (Å²) in [6.07, 6.45) is 0.774. The SMILES string of the molecule is CC(=O)OCCO.Nc1cccc(C=O)c1. The van der Waals surface area contributed by atoms with Crippen molar-refractivity contribution >= 4 is 17.9 Å². The van der Waals surface area contributed by atoms with E-state index in [9.17, 15) is 9.59 Å². The van der Waals surface area contributed by atoms with Gasteiger partial charge in [-0.1, -0.05) is 12.1 Å². The standard InChI is InChI=1S/C7H7NO.C4H8O3/c8-7-3-1-2-6(4-7)5-9;1-4(6)7-3-2-5/h1-5H,8H2;5H,2-3H2,1H3. The number of rotatable bonds is 3. The minimum absolute atomic E-state index is 0.0976. The molecule has 16 heavy (non-hydrogen) atoms. The Balaban J connectivity index is 0.000000293. The number of hydrogen-bond acceptors (Lipinski definition) is 5. The summed E-state index contributed by atoms with van der Waals surface area (Å²) in [5, 5.41) is 8.04. The molecule has 3 N–H and O–H groups in total. The van der Waals surface area contributed by atoms with Crippen LogP contribution in [0, 0.1) is 0 Å². The van der Waals surface area contributed by atoms with Crippen LogP contribution in [-0.2, 0) is 9.53 Å². The number of carbonyl (C=O) groups is 2. The number of benzene rings is 1. The molecule has 1 aromatic carbocycles. The molecule has 5 nitrogen and oxygen atoms in total. The van der Waals surface area contributed by atoms with E-state index < -0.39 is 0 Å². The van der Waals surface area contributed by atoms with Crippen LogP contribution in [0.1, 0.15) is 17.3 Å². The molecule has 1 rings (SSSR count). The Labute approximate surface area is 93.8 Å². The van der Waals surface area contributed by atoms with Gasteiger partial charge in [0.1, 0.15) is 12.9 Å². The Hall–Kier alpha value is -1.88. The van der Waals surface area contributed by atoms with Gasteiger partial charge in [0.05, 0.1) is 6.61 Å². The van der Waals surface area contributed by atoms with E-state index in [0.29, 0.717) is 11.3 Å². The fraction of sp³-hybridized carbons (Fsp3) is 0.273. The zero-order valence-corrected chi connectivity index (χ0v) is 9.05. The Bertz CT molecular complexity index is 339. The summed E-state index contributed by atoms with van der Waals surface area (Å²) < 4.78 is 4.30. The highest BCUT2D eigenvalue weighted by molar-refractivity contribution is 5.76. The molecule has 0 aliphatic heterocycles. The van der Waals surface area contributed by atoms with Crippen LogP contribution < -0.4 is 5.73 Å². The molecule has 0 aliphatic rings. The first kappa shape index (κ1) is 14.1. The van der Waals surface area contributed by atoms with Gasteiger partial charge in [-0.2, -0.15) is 0 Å². The Morgan fingerprint density at radius 1 is 1.56 bits per heavy atom.